The molecule has 1 amide bonds. The second kappa shape index (κ2) is 6.56. The Morgan fingerprint density at radius 2 is 1.81 bits per heavy atom. The number of carbonyl (C=O) groups excluding carboxylic acids is 1. The van der Waals surface area contributed by atoms with Crippen LogP contribution in [0, 0.1) is 0 Å². The zero-order valence-electron chi connectivity index (χ0n) is 15.0. The molecular weight excluding hydrogens is 326 g/mol. The van der Waals surface area contributed by atoms with Crippen molar-refractivity contribution in [2.45, 2.75) is 31.0 Å². The lowest BCUT2D eigenvalue weighted by Crippen LogP contribution is -2.60. The summed E-state index contributed by atoms with van der Waals surface area (Å²) in [5, 5.41) is 0. The van der Waals surface area contributed by atoms with Gasteiger partial charge in [0.2, 0.25) is 0 Å². The van der Waals surface area contributed by atoms with Crippen LogP contribution in [0.1, 0.15) is 41.0 Å². The number of rotatable bonds is 3. The molecule has 1 aromatic carbocycles. The van der Waals surface area contributed by atoms with E-state index < -0.39 is 0 Å². The van der Waals surface area contributed by atoms with Gasteiger partial charge in [-0.2, -0.15) is 0 Å². The number of morpholine rings is 1. The highest BCUT2D eigenvalue weighted by Crippen LogP contribution is 2.36. The van der Waals surface area contributed by atoms with Crippen molar-refractivity contribution >= 4 is 5.91 Å². The summed E-state index contributed by atoms with van der Waals surface area (Å²) < 4.78 is 8.08. The Morgan fingerprint density at radius 1 is 0.962 bits per heavy atom. The van der Waals surface area contributed by atoms with Gasteiger partial charge in [-0.3, -0.25) is 9.69 Å². The molecule has 0 unspecified atom stereocenters. The van der Waals surface area contributed by atoms with E-state index in [4.69, 9.17) is 4.74 Å². The maximum Gasteiger partial charge on any atom is 0.270 e. The number of amides is 1. The zero-order valence-corrected chi connectivity index (χ0v) is 15.0. The normalized spacial score (nSPS) is 26.5. The van der Waals surface area contributed by atoms with Gasteiger partial charge in [0.1, 0.15) is 5.69 Å². The molecule has 2 aromatic rings. The number of hydrogen-bond acceptors (Lipinski definition) is 3. The summed E-state index contributed by atoms with van der Waals surface area (Å²) in [6.07, 6.45) is 4.44. The first-order valence-electron chi connectivity index (χ1n) is 9.66. The van der Waals surface area contributed by atoms with Gasteiger partial charge in [0.15, 0.2) is 0 Å². The van der Waals surface area contributed by atoms with Crippen molar-refractivity contribution in [3.63, 3.8) is 0 Å². The number of benzene rings is 1. The van der Waals surface area contributed by atoms with Gasteiger partial charge in [0, 0.05) is 31.9 Å². The molecule has 5 nitrogen and oxygen atoms in total. The molecule has 0 spiro atoms. The standard InChI is InChI=1S/C21H25N3O2/c25-21(19-7-4-10-23(19)17-8-9-17)22-11-12-24-18(13-22)14-26-15-20(24)16-5-2-1-3-6-16/h1-7,10,17-18,20H,8-9,11-15H2/t18-,20-/m1/s1. The summed E-state index contributed by atoms with van der Waals surface area (Å²) in [4.78, 5) is 17.6. The van der Waals surface area contributed by atoms with Gasteiger partial charge >= 0.3 is 0 Å². The highest BCUT2D eigenvalue weighted by molar-refractivity contribution is 5.93. The smallest absolute Gasteiger partial charge is 0.270 e. The first-order chi connectivity index (χ1) is 12.8. The van der Waals surface area contributed by atoms with Crippen LogP contribution in [0.15, 0.2) is 48.7 Å². The molecule has 5 rings (SSSR count). The molecule has 2 atom stereocenters. The van der Waals surface area contributed by atoms with E-state index in [0.717, 1.165) is 31.9 Å². The third kappa shape index (κ3) is 2.85. The SMILES string of the molecule is O=C(c1cccn1C1CC1)N1CCN2[C@@H](COC[C@@H]2c2ccccc2)C1. The van der Waals surface area contributed by atoms with E-state index in [0.29, 0.717) is 18.7 Å². The molecule has 136 valence electrons. The minimum Gasteiger partial charge on any atom is -0.378 e. The van der Waals surface area contributed by atoms with Crippen molar-refractivity contribution in [2.24, 2.45) is 0 Å². The van der Waals surface area contributed by atoms with Crippen LogP contribution < -0.4 is 0 Å². The predicted molar refractivity (Wildman–Crippen MR) is 99.1 cm³/mol. The number of aromatic nitrogens is 1. The van der Waals surface area contributed by atoms with Crippen LogP contribution in [-0.2, 0) is 4.74 Å². The molecule has 0 radical (unpaired) electrons. The van der Waals surface area contributed by atoms with Crippen LogP contribution in [-0.4, -0.2) is 59.2 Å². The summed E-state index contributed by atoms with van der Waals surface area (Å²) >= 11 is 0. The second-order valence-electron chi connectivity index (χ2n) is 7.64. The average molecular weight is 351 g/mol. The predicted octanol–water partition coefficient (Wildman–Crippen LogP) is 2.72. The lowest BCUT2D eigenvalue weighted by Gasteiger charge is -2.48. The van der Waals surface area contributed by atoms with Crippen molar-refractivity contribution in [1.82, 2.24) is 14.4 Å². The van der Waals surface area contributed by atoms with Gasteiger partial charge in [-0.15, -0.1) is 0 Å². The van der Waals surface area contributed by atoms with Crippen LogP contribution in [0.2, 0.25) is 0 Å². The number of fused-ring (bicyclic) bond motifs is 1. The Labute approximate surface area is 154 Å². The minimum atomic E-state index is 0.170. The van der Waals surface area contributed by atoms with Crippen molar-refractivity contribution in [3.8, 4) is 0 Å². The molecule has 3 heterocycles. The fraction of sp³-hybridized carbons (Fsp3) is 0.476. The number of carbonyl (C=O) groups is 1. The van der Waals surface area contributed by atoms with Crippen molar-refractivity contribution < 1.29 is 9.53 Å². The van der Waals surface area contributed by atoms with Crippen molar-refractivity contribution in [1.29, 1.82) is 0 Å². The molecule has 2 saturated heterocycles. The molecule has 0 N–H and O–H groups in total. The average Bonchev–Trinajstić information content (AvgIpc) is 3.43. The number of piperazine rings is 1. The van der Waals surface area contributed by atoms with Gasteiger partial charge in [-0.1, -0.05) is 30.3 Å². The summed E-state index contributed by atoms with van der Waals surface area (Å²) in [6, 6.07) is 15.6. The lowest BCUT2D eigenvalue weighted by atomic mass is 10.00. The molecular formula is C21H25N3O2. The second-order valence-corrected chi connectivity index (χ2v) is 7.64. The monoisotopic (exact) mass is 351 g/mol. The fourth-order valence-corrected chi connectivity index (χ4v) is 4.39. The largest absolute Gasteiger partial charge is 0.378 e. The molecule has 26 heavy (non-hydrogen) atoms. The number of ether oxygens (including phenoxy) is 1. The third-order valence-electron chi connectivity index (χ3n) is 5.92. The van der Waals surface area contributed by atoms with Crippen LogP contribution in [0.5, 0.6) is 0 Å². The highest BCUT2D eigenvalue weighted by atomic mass is 16.5. The first-order valence-corrected chi connectivity index (χ1v) is 9.66. The Hall–Kier alpha value is -2.11. The van der Waals surface area contributed by atoms with Crippen LogP contribution in [0.25, 0.3) is 0 Å². The van der Waals surface area contributed by atoms with E-state index >= 15 is 0 Å². The maximum atomic E-state index is 13.1. The van der Waals surface area contributed by atoms with Gasteiger partial charge in [-0.05, 0) is 30.5 Å². The highest BCUT2D eigenvalue weighted by Gasteiger charge is 2.38. The Balaban J connectivity index is 1.32. The van der Waals surface area contributed by atoms with E-state index in [1.165, 1.54) is 18.4 Å². The maximum absolute atomic E-state index is 13.1. The molecule has 1 saturated carbocycles. The third-order valence-corrected chi connectivity index (χ3v) is 5.92. The quantitative estimate of drug-likeness (QED) is 0.853. The number of nitrogens with zero attached hydrogens (tertiary/aromatic N) is 3. The van der Waals surface area contributed by atoms with E-state index in [1.807, 2.05) is 17.0 Å². The van der Waals surface area contributed by atoms with Gasteiger partial charge in [-0.25, -0.2) is 0 Å². The molecule has 3 fully saturated rings. The van der Waals surface area contributed by atoms with E-state index in [9.17, 15) is 4.79 Å². The Morgan fingerprint density at radius 3 is 2.62 bits per heavy atom. The summed E-state index contributed by atoms with van der Waals surface area (Å²) in [6.45, 7) is 3.88. The van der Waals surface area contributed by atoms with Crippen LogP contribution in [0.4, 0.5) is 0 Å². The molecule has 0 bridgehead atoms. The topological polar surface area (TPSA) is 37.7 Å². The first kappa shape index (κ1) is 16.1. The number of hydrogen-bond donors (Lipinski definition) is 0. The summed E-state index contributed by atoms with van der Waals surface area (Å²) in [5.74, 6) is 0.170. The molecule has 3 aliphatic rings. The lowest BCUT2D eigenvalue weighted by molar-refractivity contribution is -0.0771. The minimum absolute atomic E-state index is 0.170. The van der Waals surface area contributed by atoms with E-state index in [2.05, 4.69) is 46.0 Å². The fourth-order valence-electron chi connectivity index (χ4n) is 4.39. The molecule has 5 heteroatoms. The molecule has 1 aromatic heterocycles. The Bertz CT molecular complexity index is 784. The van der Waals surface area contributed by atoms with Gasteiger partial charge < -0.3 is 14.2 Å². The van der Waals surface area contributed by atoms with E-state index in [-0.39, 0.29) is 11.9 Å². The Kier molecular flexibility index (Phi) is 4.06. The molecule has 2 aliphatic heterocycles. The van der Waals surface area contributed by atoms with Crippen LogP contribution in [0.3, 0.4) is 0 Å². The van der Waals surface area contributed by atoms with Crippen molar-refractivity contribution in [3.05, 3.63) is 59.9 Å². The summed E-state index contributed by atoms with van der Waals surface area (Å²) in [5.41, 5.74) is 2.15. The van der Waals surface area contributed by atoms with Gasteiger partial charge in [0.25, 0.3) is 5.91 Å². The van der Waals surface area contributed by atoms with E-state index in [1.54, 1.807) is 0 Å². The molecule has 1 aliphatic carbocycles. The van der Waals surface area contributed by atoms with Gasteiger partial charge in [0.05, 0.1) is 25.3 Å². The van der Waals surface area contributed by atoms with Crippen LogP contribution >= 0.6 is 0 Å². The zero-order chi connectivity index (χ0) is 17.5. The van der Waals surface area contributed by atoms with Crippen molar-refractivity contribution in [2.75, 3.05) is 32.8 Å². The summed E-state index contributed by atoms with van der Waals surface area (Å²) in [7, 11) is 0.